The summed E-state index contributed by atoms with van der Waals surface area (Å²) in [6, 6.07) is 3.83. The van der Waals surface area contributed by atoms with Crippen molar-refractivity contribution in [3.05, 3.63) is 30.1 Å². The Morgan fingerprint density at radius 3 is 3.00 bits per heavy atom. The molecule has 0 fully saturated rings. The lowest BCUT2D eigenvalue weighted by Crippen LogP contribution is -2.35. The van der Waals surface area contributed by atoms with Gasteiger partial charge in [0, 0.05) is 24.8 Å². The molecule has 0 amide bonds. The highest BCUT2D eigenvalue weighted by Crippen LogP contribution is 2.24. The van der Waals surface area contributed by atoms with Gasteiger partial charge < -0.3 is 15.4 Å². The zero-order valence-corrected chi connectivity index (χ0v) is 9.84. The van der Waals surface area contributed by atoms with Crippen LogP contribution in [0.25, 0.3) is 11.0 Å². The first-order valence-electron chi connectivity index (χ1n) is 5.32. The molecule has 0 aromatic carbocycles. The van der Waals surface area contributed by atoms with Crippen molar-refractivity contribution in [3.63, 3.8) is 0 Å². The molecule has 2 heterocycles. The number of aliphatic carboxylic acids is 1. The van der Waals surface area contributed by atoms with Crippen LogP contribution in [0.1, 0.15) is 18.9 Å². The molecule has 2 rings (SSSR count). The van der Waals surface area contributed by atoms with Crippen LogP contribution in [0.4, 0.5) is 0 Å². The molecule has 0 aliphatic carbocycles. The minimum Gasteiger partial charge on any atom is -0.481 e. The predicted molar refractivity (Wildman–Crippen MR) is 64.5 cm³/mol. The average molecular weight is 233 g/mol. The Bertz CT molecular complexity index is 572. The average Bonchev–Trinajstić information content (AvgIpc) is 2.58. The Morgan fingerprint density at radius 2 is 2.35 bits per heavy atom. The van der Waals surface area contributed by atoms with E-state index in [2.05, 4.69) is 4.98 Å². The van der Waals surface area contributed by atoms with E-state index in [-0.39, 0.29) is 6.42 Å². The van der Waals surface area contributed by atoms with Crippen LogP contribution < -0.4 is 5.73 Å². The fraction of sp³-hybridized carbons (Fsp3) is 0.333. The van der Waals surface area contributed by atoms with Crippen LogP contribution in [0.2, 0.25) is 0 Å². The van der Waals surface area contributed by atoms with Crippen molar-refractivity contribution in [1.29, 1.82) is 0 Å². The number of carboxylic acids is 1. The van der Waals surface area contributed by atoms with Gasteiger partial charge in [0.15, 0.2) is 0 Å². The topological polar surface area (TPSA) is 81.1 Å². The Labute approximate surface area is 98.9 Å². The highest BCUT2D eigenvalue weighted by Gasteiger charge is 2.25. The van der Waals surface area contributed by atoms with E-state index in [1.165, 1.54) is 0 Å². The molecule has 5 nitrogen and oxygen atoms in total. The Morgan fingerprint density at radius 1 is 1.65 bits per heavy atom. The SMILES string of the molecule is Cn1ccc2cc([C@@](C)(N)CC(=O)O)cnc21. The van der Waals surface area contributed by atoms with Crippen LogP contribution in [-0.4, -0.2) is 20.6 Å². The Balaban J connectivity index is 2.45. The predicted octanol–water partition coefficient (Wildman–Crippen LogP) is 1.22. The number of nitrogens with two attached hydrogens (primary N) is 1. The molecule has 0 unspecified atom stereocenters. The molecule has 3 N–H and O–H groups in total. The van der Waals surface area contributed by atoms with E-state index in [9.17, 15) is 4.79 Å². The molecule has 5 heteroatoms. The molecule has 0 saturated heterocycles. The van der Waals surface area contributed by atoms with Crippen molar-refractivity contribution >= 4 is 17.0 Å². The molecule has 0 bridgehead atoms. The number of aromatic nitrogens is 2. The number of hydrogen-bond donors (Lipinski definition) is 2. The summed E-state index contributed by atoms with van der Waals surface area (Å²) in [6.45, 7) is 1.70. The summed E-state index contributed by atoms with van der Waals surface area (Å²) < 4.78 is 1.91. The molecular weight excluding hydrogens is 218 g/mol. The molecule has 90 valence electrons. The lowest BCUT2D eigenvalue weighted by molar-refractivity contribution is -0.138. The van der Waals surface area contributed by atoms with E-state index in [0.717, 1.165) is 16.6 Å². The summed E-state index contributed by atoms with van der Waals surface area (Å²) in [5.41, 5.74) is 6.71. The third-order valence-corrected chi connectivity index (χ3v) is 2.88. The highest BCUT2D eigenvalue weighted by molar-refractivity contribution is 5.77. The lowest BCUT2D eigenvalue weighted by atomic mass is 9.91. The third kappa shape index (κ3) is 2.14. The van der Waals surface area contributed by atoms with Crippen molar-refractivity contribution in [2.45, 2.75) is 18.9 Å². The van der Waals surface area contributed by atoms with Crippen LogP contribution >= 0.6 is 0 Å². The molecule has 2 aromatic heterocycles. The summed E-state index contributed by atoms with van der Waals surface area (Å²) >= 11 is 0. The van der Waals surface area contributed by atoms with Crippen molar-refractivity contribution in [3.8, 4) is 0 Å². The highest BCUT2D eigenvalue weighted by atomic mass is 16.4. The van der Waals surface area contributed by atoms with Crippen LogP contribution in [0.15, 0.2) is 24.5 Å². The van der Waals surface area contributed by atoms with Gasteiger partial charge in [-0.1, -0.05) is 0 Å². The zero-order valence-electron chi connectivity index (χ0n) is 9.84. The second-order valence-corrected chi connectivity index (χ2v) is 4.55. The lowest BCUT2D eigenvalue weighted by Gasteiger charge is -2.22. The smallest absolute Gasteiger partial charge is 0.305 e. The molecule has 2 aromatic rings. The Hall–Kier alpha value is -1.88. The van der Waals surface area contributed by atoms with Crippen LogP contribution in [0.5, 0.6) is 0 Å². The summed E-state index contributed by atoms with van der Waals surface area (Å²) in [4.78, 5) is 15.1. The van der Waals surface area contributed by atoms with E-state index in [0.29, 0.717) is 0 Å². The molecule has 0 aliphatic heterocycles. The Kier molecular flexibility index (Phi) is 2.63. The van der Waals surface area contributed by atoms with Crippen molar-refractivity contribution in [2.24, 2.45) is 12.8 Å². The number of rotatable bonds is 3. The first kappa shape index (κ1) is 11.6. The summed E-state index contributed by atoms with van der Waals surface area (Å²) in [6.07, 6.45) is 3.44. The van der Waals surface area contributed by atoms with Crippen molar-refractivity contribution in [2.75, 3.05) is 0 Å². The number of carbonyl (C=O) groups is 1. The molecule has 0 radical (unpaired) electrons. The first-order valence-corrected chi connectivity index (χ1v) is 5.32. The number of carboxylic acid groups (broad SMARTS) is 1. The van der Waals surface area contributed by atoms with Gasteiger partial charge in [-0.3, -0.25) is 4.79 Å². The van der Waals surface area contributed by atoms with E-state index >= 15 is 0 Å². The number of nitrogens with zero attached hydrogens (tertiary/aromatic N) is 2. The van der Waals surface area contributed by atoms with Gasteiger partial charge in [0.25, 0.3) is 0 Å². The fourth-order valence-corrected chi connectivity index (χ4v) is 1.88. The molecule has 1 atom stereocenters. The van der Waals surface area contributed by atoms with Crippen molar-refractivity contribution in [1.82, 2.24) is 9.55 Å². The molecule has 0 aliphatic rings. The molecular formula is C12H15N3O2. The molecule has 17 heavy (non-hydrogen) atoms. The van der Waals surface area contributed by atoms with Gasteiger partial charge in [-0.25, -0.2) is 4.98 Å². The summed E-state index contributed by atoms with van der Waals surface area (Å²) in [5.74, 6) is -0.914. The largest absolute Gasteiger partial charge is 0.481 e. The number of fused-ring (bicyclic) bond motifs is 1. The van der Waals surface area contributed by atoms with Gasteiger partial charge in [0.05, 0.1) is 12.0 Å². The minimum absolute atomic E-state index is 0.118. The number of hydrogen-bond acceptors (Lipinski definition) is 3. The maximum atomic E-state index is 10.8. The van der Waals surface area contributed by atoms with E-state index in [1.54, 1.807) is 13.1 Å². The summed E-state index contributed by atoms with van der Waals surface area (Å²) in [7, 11) is 1.91. The summed E-state index contributed by atoms with van der Waals surface area (Å²) in [5, 5.41) is 9.79. The van der Waals surface area contributed by atoms with Crippen LogP contribution in [-0.2, 0) is 17.4 Å². The van der Waals surface area contributed by atoms with Gasteiger partial charge in [-0.15, -0.1) is 0 Å². The maximum absolute atomic E-state index is 10.8. The normalized spacial score (nSPS) is 14.8. The minimum atomic E-state index is -0.914. The third-order valence-electron chi connectivity index (χ3n) is 2.88. The number of pyridine rings is 1. The molecule has 0 spiro atoms. The van der Waals surface area contributed by atoms with Gasteiger partial charge in [-0.05, 0) is 24.6 Å². The first-order chi connectivity index (χ1) is 7.90. The van der Waals surface area contributed by atoms with Crippen molar-refractivity contribution < 1.29 is 9.90 Å². The molecule has 0 saturated carbocycles. The maximum Gasteiger partial charge on any atom is 0.305 e. The van der Waals surface area contributed by atoms with Crippen LogP contribution in [0, 0.1) is 0 Å². The number of aryl methyl sites for hydroxylation is 1. The van der Waals surface area contributed by atoms with E-state index < -0.39 is 11.5 Å². The van der Waals surface area contributed by atoms with Gasteiger partial charge in [0.1, 0.15) is 5.65 Å². The second kappa shape index (κ2) is 3.85. The second-order valence-electron chi connectivity index (χ2n) is 4.55. The zero-order chi connectivity index (χ0) is 12.6. The fourth-order valence-electron chi connectivity index (χ4n) is 1.88. The van der Waals surface area contributed by atoms with Gasteiger partial charge >= 0.3 is 5.97 Å². The van der Waals surface area contributed by atoms with E-state index in [4.69, 9.17) is 10.8 Å². The van der Waals surface area contributed by atoms with E-state index in [1.807, 2.05) is 29.9 Å². The van der Waals surface area contributed by atoms with Gasteiger partial charge in [0.2, 0.25) is 0 Å². The quantitative estimate of drug-likeness (QED) is 0.835. The van der Waals surface area contributed by atoms with Gasteiger partial charge in [-0.2, -0.15) is 0 Å². The monoisotopic (exact) mass is 233 g/mol. The standard InChI is InChI=1S/C12H15N3O2/c1-12(13,6-10(16)17)9-5-8-3-4-15(2)11(8)14-7-9/h3-5,7H,6,13H2,1-2H3,(H,16,17)/t12-/m0/s1. The van der Waals surface area contributed by atoms with Crippen LogP contribution in [0.3, 0.4) is 0 Å².